The lowest BCUT2D eigenvalue weighted by atomic mass is 10.1. The smallest absolute Gasteiger partial charge is 0.0902 e. The lowest BCUT2D eigenvalue weighted by Crippen LogP contribution is -2.04. The summed E-state index contributed by atoms with van der Waals surface area (Å²) >= 11 is 0. The summed E-state index contributed by atoms with van der Waals surface area (Å²) < 4.78 is 5.71. The summed E-state index contributed by atoms with van der Waals surface area (Å²) in [6, 6.07) is 0. The second-order valence-electron chi connectivity index (χ2n) is 7.70. The van der Waals surface area contributed by atoms with E-state index >= 15 is 0 Å². The molecule has 0 rings (SSSR count). The number of hydrogen-bond acceptors (Lipinski definition) is 1. The molecule has 0 aliphatic rings. The van der Waals surface area contributed by atoms with Crippen LogP contribution in [0.15, 0.2) is 24.5 Å². The van der Waals surface area contributed by atoms with Crippen LogP contribution < -0.4 is 0 Å². The Labute approximate surface area is 159 Å². The summed E-state index contributed by atoms with van der Waals surface area (Å²) in [5.41, 5.74) is 0. The molecule has 0 spiro atoms. The molecule has 0 fully saturated rings. The third-order valence-electron chi connectivity index (χ3n) is 4.99. The lowest BCUT2D eigenvalue weighted by molar-refractivity contribution is 0.162. The molecule has 1 atom stereocenters. The Morgan fingerprint density at radius 1 is 0.800 bits per heavy atom. The van der Waals surface area contributed by atoms with E-state index in [2.05, 4.69) is 39.5 Å². The number of allylic oxidation sites excluding steroid dienone is 3. The van der Waals surface area contributed by atoms with Crippen LogP contribution >= 0.6 is 0 Å². The Morgan fingerprint density at radius 3 is 1.88 bits per heavy atom. The van der Waals surface area contributed by atoms with Crippen molar-refractivity contribution in [2.75, 3.05) is 6.61 Å². The van der Waals surface area contributed by atoms with E-state index in [9.17, 15) is 0 Å². The highest BCUT2D eigenvalue weighted by Gasteiger charge is 2.01. The van der Waals surface area contributed by atoms with E-state index in [1.165, 1.54) is 89.9 Å². The maximum Gasteiger partial charge on any atom is 0.0902 e. The van der Waals surface area contributed by atoms with E-state index in [-0.39, 0.29) is 0 Å². The van der Waals surface area contributed by atoms with Crippen LogP contribution in [0, 0.1) is 5.92 Å². The van der Waals surface area contributed by atoms with Crippen LogP contribution in [0.4, 0.5) is 0 Å². The van der Waals surface area contributed by atoms with Crippen molar-refractivity contribution in [3.8, 4) is 0 Å². The van der Waals surface area contributed by atoms with Crippen LogP contribution in [0.25, 0.3) is 0 Å². The van der Waals surface area contributed by atoms with Crippen LogP contribution in [-0.2, 0) is 4.74 Å². The van der Waals surface area contributed by atoms with Crippen molar-refractivity contribution < 1.29 is 4.74 Å². The summed E-state index contributed by atoms with van der Waals surface area (Å²) in [4.78, 5) is 0. The van der Waals surface area contributed by atoms with Crippen LogP contribution in [0.2, 0.25) is 0 Å². The molecule has 1 heteroatoms. The van der Waals surface area contributed by atoms with Gasteiger partial charge in [0.1, 0.15) is 0 Å². The molecule has 0 heterocycles. The van der Waals surface area contributed by atoms with Gasteiger partial charge in [0.05, 0.1) is 12.4 Å². The summed E-state index contributed by atoms with van der Waals surface area (Å²) in [5.74, 6) is 1.63. The first-order valence-electron chi connectivity index (χ1n) is 11.2. The standard InChI is InChI=1S/C24H46O/c1-5-7-8-9-10-11-12-13-14-15-16-17-18-19-20-21-24(4)25-22-23(3)6-2/h13-14,23H,4-12,15-22H2,1-3H3/b14-13-. The van der Waals surface area contributed by atoms with Gasteiger partial charge in [0, 0.05) is 6.42 Å². The van der Waals surface area contributed by atoms with Crippen LogP contribution in [0.1, 0.15) is 117 Å². The molecule has 0 N–H and O–H groups in total. The molecule has 0 aromatic carbocycles. The minimum atomic E-state index is 0.644. The molecule has 25 heavy (non-hydrogen) atoms. The molecule has 0 aromatic rings. The van der Waals surface area contributed by atoms with Gasteiger partial charge in [-0.15, -0.1) is 0 Å². The fraction of sp³-hybridized carbons (Fsp3) is 0.833. The van der Waals surface area contributed by atoms with Crippen LogP contribution in [0.5, 0.6) is 0 Å². The van der Waals surface area contributed by atoms with Crippen molar-refractivity contribution in [2.45, 2.75) is 117 Å². The minimum absolute atomic E-state index is 0.644. The molecule has 148 valence electrons. The fourth-order valence-corrected chi connectivity index (χ4v) is 2.84. The highest BCUT2D eigenvalue weighted by atomic mass is 16.5. The quantitative estimate of drug-likeness (QED) is 0.129. The summed E-state index contributed by atoms with van der Waals surface area (Å²) in [6.07, 6.45) is 24.6. The molecule has 0 saturated heterocycles. The number of unbranched alkanes of at least 4 members (excludes halogenated alkanes) is 11. The van der Waals surface area contributed by atoms with Crippen molar-refractivity contribution in [1.29, 1.82) is 0 Å². The number of rotatable bonds is 19. The summed E-state index contributed by atoms with van der Waals surface area (Å²) in [5, 5.41) is 0. The third kappa shape index (κ3) is 19.5. The Bertz CT molecular complexity index is 305. The molecule has 1 nitrogen and oxygen atoms in total. The topological polar surface area (TPSA) is 9.23 Å². The largest absolute Gasteiger partial charge is 0.498 e. The highest BCUT2D eigenvalue weighted by Crippen LogP contribution is 2.13. The van der Waals surface area contributed by atoms with E-state index in [4.69, 9.17) is 4.74 Å². The first-order chi connectivity index (χ1) is 12.2. The van der Waals surface area contributed by atoms with Crippen LogP contribution in [-0.4, -0.2) is 6.61 Å². The van der Waals surface area contributed by atoms with Gasteiger partial charge in [-0.2, -0.15) is 0 Å². The van der Waals surface area contributed by atoms with Gasteiger partial charge >= 0.3 is 0 Å². The van der Waals surface area contributed by atoms with Gasteiger partial charge < -0.3 is 4.74 Å². The molecule has 0 radical (unpaired) electrons. The first kappa shape index (κ1) is 24.3. The summed E-state index contributed by atoms with van der Waals surface area (Å²) in [7, 11) is 0. The Balaban J connectivity index is 3.22. The van der Waals surface area contributed by atoms with E-state index in [0.29, 0.717) is 5.92 Å². The zero-order valence-corrected chi connectivity index (χ0v) is 17.7. The van der Waals surface area contributed by atoms with Gasteiger partial charge in [-0.05, 0) is 38.0 Å². The van der Waals surface area contributed by atoms with Gasteiger partial charge in [-0.3, -0.25) is 0 Å². The Hall–Kier alpha value is -0.720. The fourth-order valence-electron chi connectivity index (χ4n) is 2.84. The maximum atomic E-state index is 5.71. The Kier molecular flexibility index (Phi) is 19.0. The van der Waals surface area contributed by atoms with Crippen molar-refractivity contribution in [2.24, 2.45) is 5.92 Å². The predicted octanol–water partition coefficient (Wildman–Crippen LogP) is 8.60. The molecule has 0 amide bonds. The van der Waals surface area contributed by atoms with Gasteiger partial charge in [-0.25, -0.2) is 0 Å². The average molecular weight is 351 g/mol. The second kappa shape index (κ2) is 19.6. The first-order valence-corrected chi connectivity index (χ1v) is 11.2. The number of hydrogen-bond donors (Lipinski definition) is 0. The molecular weight excluding hydrogens is 304 g/mol. The zero-order valence-electron chi connectivity index (χ0n) is 17.7. The molecule has 0 aliphatic heterocycles. The predicted molar refractivity (Wildman–Crippen MR) is 114 cm³/mol. The third-order valence-corrected chi connectivity index (χ3v) is 4.99. The van der Waals surface area contributed by atoms with E-state index in [0.717, 1.165) is 18.8 Å². The highest BCUT2D eigenvalue weighted by molar-refractivity contribution is 4.82. The van der Waals surface area contributed by atoms with E-state index in [1.54, 1.807) is 0 Å². The van der Waals surface area contributed by atoms with Gasteiger partial charge in [0.2, 0.25) is 0 Å². The molecule has 1 unspecified atom stereocenters. The molecule has 0 bridgehead atoms. The molecule has 0 saturated carbocycles. The molecule has 0 aromatic heterocycles. The van der Waals surface area contributed by atoms with Crippen LogP contribution in [0.3, 0.4) is 0 Å². The zero-order chi connectivity index (χ0) is 18.6. The summed E-state index contributed by atoms with van der Waals surface area (Å²) in [6.45, 7) is 11.6. The second-order valence-corrected chi connectivity index (χ2v) is 7.70. The maximum absolute atomic E-state index is 5.71. The van der Waals surface area contributed by atoms with Gasteiger partial charge in [0.25, 0.3) is 0 Å². The lowest BCUT2D eigenvalue weighted by Gasteiger charge is -2.12. The Morgan fingerprint density at radius 2 is 1.32 bits per heavy atom. The minimum Gasteiger partial charge on any atom is -0.498 e. The number of ether oxygens (including phenoxy) is 1. The van der Waals surface area contributed by atoms with Crippen molar-refractivity contribution in [3.63, 3.8) is 0 Å². The monoisotopic (exact) mass is 350 g/mol. The van der Waals surface area contributed by atoms with Crippen molar-refractivity contribution in [1.82, 2.24) is 0 Å². The molecular formula is C24H46O. The average Bonchev–Trinajstić information content (AvgIpc) is 2.62. The van der Waals surface area contributed by atoms with Crippen molar-refractivity contribution >= 4 is 0 Å². The molecule has 0 aliphatic carbocycles. The van der Waals surface area contributed by atoms with Gasteiger partial charge in [-0.1, -0.05) is 97.3 Å². The van der Waals surface area contributed by atoms with Crippen molar-refractivity contribution in [3.05, 3.63) is 24.5 Å². The van der Waals surface area contributed by atoms with Gasteiger partial charge in [0.15, 0.2) is 0 Å². The van der Waals surface area contributed by atoms with E-state index in [1.807, 2.05) is 0 Å². The van der Waals surface area contributed by atoms with E-state index < -0.39 is 0 Å². The SMILES string of the molecule is C=C(CCCCCCC/C=C\CCCCCCCC)OCC(C)CC. The normalized spacial score (nSPS) is 12.6.